The van der Waals surface area contributed by atoms with Crippen LogP contribution in [0.5, 0.6) is 5.75 Å². The van der Waals surface area contributed by atoms with Crippen LogP contribution in [0, 0.1) is 0 Å². The fourth-order valence-corrected chi connectivity index (χ4v) is 2.62. The molecule has 4 nitrogen and oxygen atoms in total. The van der Waals surface area contributed by atoms with Gasteiger partial charge in [0.15, 0.2) is 6.29 Å². The van der Waals surface area contributed by atoms with E-state index in [-0.39, 0.29) is 12.3 Å². The van der Waals surface area contributed by atoms with Crippen molar-refractivity contribution in [1.82, 2.24) is 5.32 Å². The quantitative estimate of drug-likeness (QED) is 0.743. The molecule has 2 rings (SSSR count). The Labute approximate surface area is 114 Å². The second-order valence-electron chi connectivity index (χ2n) is 4.68. The Balaban J connectivity index is 1.93. The summed E-state index contributed by atoms with van der Waals surface area (Å²) in [4.78, 5) is 0. The molecule has 0 bridgehead atoms. The molecule has 4 heteroatoms. The van der Waals surface area contributed by atoms with Crippen molar-refractivity contribution in [2.45, 2.75) is 39.0 Å². The molecule has 106 valence electrons. The monoisotopic (exact) mass is 265 g/mol. The van der Waals surface area contributed by atoms with Crippen LogP contribution in [0.1, 0.15) is 37.4 Å². The maximum atomic E-state index is 9.82. The van der Waals surface area contributed by atoms with E-state index < -0.39 is 0 Å². The Hall–Kier alpha value is -1.10. The number of fused-ring (bicyclic) bond motifs is 1. The molecule has 0 heterocycles. The maximum Gasteiger partial charge on any atom is 0.169 e. The van der Waals surface area contributed by atoms with E-state index in [0.717, 1.165) is 18.4 Å². The molecule has 19 heavy (non-hydrogen) atoms. The van der Waals surface area contributed by atoms with Gasteiger partial charge in [0.05, 0.1) is 0 Å². The number of benzene rings is 1. The molecule has 1 aliphatic rings. The molecule has 1 unspecified atom stereocenters. The predicted molar refractivity (Wildman–Crippen MR) is 74.2 cm³/mol. The zero-order valence-corrected chi connectivity index (χ0v) is 11.7. The van der Waals surface area contributed by atoms with Gasteiger partial charge in [-0.25, -0.2) is 0 Å². The highest BCUT2D eigenvalue weighted by Gasteiger charge is 2.24. The number of phenolic OH excluding ortho intramolecular Hbond substituents is 1. The minimum atomic E-state index is -0.198. The lowest BCUT2D eigenvalue weighted by Gasteiger charge is -2.21. The van der Waals surface area contributed by atoms with Gasteiger partial charge in [0.2, 0.25) is 0 Å². The molecule has 1 atom stereocenters. The summed E-state index contributed by atoms with van der Waals surface area (Å²) >= 11 is 0. The van der Waals surface area contributed by atoms with E-state index in [0.29, 0.717) is 25.5 Å². The van der Waals surface area contributed by atoms with Crippen LogP contribution >= 0.6 is 0 Å². The van der Waals surface area contributed by atoms with Gasteiger partial charge in [0, 0.05) is 25.8 Å². The zero-order valence-electron chi connectivity index (χ0n) is 11.7. The van der Waals surface area contributed by atoms with E-state index in [4.69, 9.17) is 9.47 Å². The molecule has 0 saturated heterocycles. The highest BCUT2D eigenvalue weighted by molar-refractivity contribution is 5.44. The molecule has 0 fully saturated rings. The largest absolute Gasteiger partial charge is 0.508 e. The van der Waals surface area contributed by atoms with E-state index in [2.05, 4.69) is 11.4 Å². The van der Waals surface area contributed by atoms with Crippen LogP contribution < -0.4 is 5.32 Å². The van der Waals surface area contributed by atoms with Gasteiger partial charge < -0.3 is 19.9 Å². The molecular formula is C15H23NO3. The van der Waals surface area contributed by atoms with Gasteiger partial charge in [0.25, 0.3) is 0 Å². The minimum absolute atomic E-state index is 0.198. The molecular weight excluding hydrogens is 242 g/mol. The molecule has 0 aliphatic heterocycles. The zero-order chi connectivity index (χ0) is 13.7. The third-order valence-corrected chi connectivity index (χ3v) is 3.48. The van der Waals surface area contributed by atoms with Crippen LogP contribution in [0.4, 0.5) is 0 Å². The smallest absolute Gasteiger partial charge is 0.169 e. The average Bonchev–Trinajstić information content (AvgIpc) is 2.81. The summed E-state index contributed by atoms with van der Waals surface area (Å²) in [5.41, 5.74) is 2.27. The van der Waals surface area contributed by atoms with Gasteiger partial charge in [-0.2, -0.15) is 0 Å². The van der Waals surface area contributed by atoms with Crippen LogP contribution in [-0.4, -0.2) is 31.2 Å². The van der Waals surface area contributed by atoms with E-state index in [1.54, 1.807) is 6.07 Å². The number of hydrogen-bond acceptors (Lipinski definition) is 4. The van der Waals surface area contributed by atoms with Crippen molar-refractivity contribution in [3.63, 3.8) is 0 Å². The Morgan fingerprint density at radius 2 is 2.05 bits per heavy atom. The fraction of sp³-hybridized carbons (Fsp3) is 0.600. The Kier molecular flexibility index (Phi) is 5.19. The van der Waals surface area contributed by atoms with Gasteiger partial charge in [-0.1, -0.05) is 12.1 Å². The van der Waals surface area contributed by atoms with Crippen LogP contribution in [0.15, 0.2) is 18.2 Å². The van der Waals surface area contributed by atoms with E-state index >= 15 is 0 Å². The number of nitrogens with one attached hydrogen (secondary N) is 1. The van der Waals surface area contributed by atoms with E-state index in [9.17, 15) is 5.11 Å². The van der Waals surface area contributed by atoms with Gasteiger partial charge in [-0.3, -0.25) is 0 Å². The highest BCUT2D eigenvalue weighted by Crippen LogP contribution is 2.36. The Morgan fingerprint density at radius 1 is 1.32 bits per heavy atom. The summed E-state index contributed by atoms with van der Waals surface area (Å²) in [6, 6.07) is 6.02. The Morgan fingerprint density at radius 3 is 2.74 bits per heavy atom. The van der Waals surface area contributed by atoms with Gasteiger partial charge >= 0.3 is 0 Å². The van der Waals surface area contributed by atoms with Crippen LogP contribution in [0.25, 0.3) is 0 Å². The van der Waals surface area contributed by atoms with Gasteiger partial charge in [-0.05, 0) is 43.9 Å². The standard InChI is InChI=1S/C15H23NO3/c1-3-18-15(19-4-2)10-16-13-9-8-12-11(13)6-5-7-14(12)17/h5-7,13,15-17H,3-4,8-10H2,1-2H3. The normalized spacial score (nSPS) is 17.9. The lowest BCUT2D eigenvalue weighted by atomic mass is 10.1. The molecule has 0 amide bonds. The lowest BCUT2D eigenvalue weighted by molar-refractivity contribution is -0.133. The summed E-state index contributed by atoms with van der Waals surface area (Å²) in [7, 11) is 0. The van der Waals surface area contributed by atoms with Crippen molar-refractivity contribution in [3.05, 3.63) is 29.3 Å². The van der Waals surface area contributed by atoms with Crippen molar-refractivity contribution >= 4 is 0 Å². The minimum Gasteiger partial charge on any atom is -0.508 e. The van der Waals surface area contributed by atoms with Crippen molar-refractivity contribution in [3.8, 4) is 5.75 Å². The first-order valence-corrected chi connectivity index (χ1v) is 7.03. The second kappa shape index (κ2) is 6.89. The van der Waals surface area contributed by atoms with Crippen LogP contribution in [0.3, 0.4) is 0 Å². The summed E-state index contributed by atoms with van der Waals surface area (Å²) < 4.78 is 11.0. The molecule has 1 aliphatic carbocycles. The predicted octanol–water partition coefficient (Wildman–Crippen LogP) is 2.37. The third kappa shape index (κ3) is 3.47. The summed E-state index contributed by atoms with van der Waals surface area (Å²) in [6.07, 6.45) is 1.74. The first kappa shape index (κ1) is 14.3. The third-order valence-electron chi connectivity index (χ3n) is 3.48. The Bertz CT molecular complexity index is 402. The maximum absolute atomic E-state index is 9.82. The van der Waals surface area contributed by atoms with E-state index in [1.807, 2.05) is 19.9 Å². The molecule has 0 spiro atoms. The van der Waals surface area contributed by atoms with Crippen molar-refractivity contribution < 1.29 is 14.6 Å². The highest BCUT2D eigenvalue weighted by atomic mass is 16.7. The van der Waals surface area contributed by atoms with E-state index in [1.165, 1.54) is 5.56 Å². The number of phenols is 1. The molecule has 1 aromatic carbocycles. The van der Waals surface area contributed by atoms with Gasteiger partial charge in [0.1, 0.15) is 5.75 Å². The summed E-state index contributed by atoms with van der Waals surface area (Å²) in [6.45, 7) is 5.90. The number of rotatable bonds is 7. The molecule has 2 N–H and O–H groups in total. The van der Waals surface area contributed by atoms with Gasteiger partial charge in [-0.15, -0.1) is 0 Å². The van der Waals surface area contributed by atoms with Crippen LogP contribution in [0.2, 0.25) is 0 Å². The van der Waals surface area contributed by atoms with Crippen molar-refractivity contribution in [1.29, 1.82) is 0 Å². The summed E-state index contributed by atoms with van der Waals surface area (Å²) in [5, 5.41) is 13.3. The molecule has 0 saturated carbocycles. The van der Waals surface area contributed by atoms with Crippen LogP contribution in [-0.2, 0) is 15.9 Å². The average molecular weight is 265 g/mol. The molecule has 0 aromatic heterocycles. The topological polar surface area (TPSA) is 50.7 Å². The first-order chi connectivity index (χ1) is 9.26. The molecule has 1 aromatic rings. The molecule has 0 radical (unpaired) electrons. The fourth-order valence-electron chi connectivity index (χ4n) is 2.62. The summed E-state index contributed by atoms with van der Waals surface area (Å²) in [5.74, 6) is 0.410. The van der Waals surface area contributed by atoms with Crippen molar-refractivity contribution in [2.24, 2.45) is 0 Å². The second-order valence-corrected chi connectivity index (χ2v) is 4.68. The number of ether oxygens (including phenoxy) is 2. The number of aromatic hydroxyl groups is 1. The number of hydrogen-bond donors (Lipinski definition) is 2. The van der Waals surface area contributed by atoms with Crippen molar-refractivity contribution in [2.75, 3.05) is 19.8 Å². The first-order valence-electron chi connectivity index (χ1n) is 7.03. The lowest BCUT2D eigenvalue weighted by Crippen LogP contribution is -2.33. The SMILES string of the molecule is CCOC(CNC1CCc2c(O)cccc21)OCC.